The molecule has 0 heterocycles. The van der Waals surface area contributed by atoms with E-state index in [1.807, 2.05) is 0 Å². The van der Waals surface area contributed by atoms with Crippen molar-refractivity contribution in [2.24, 2.45) is 10.7 Å². The highest BCUT2D eigenvalue weighted by molar-refractivity contribution is 6.28. The summed E-state index contributed by atoms with van der Waals surface area (Å²) in [5, 5.41) is 9.90. The van der Waals surface area contributed by atoms with Crippen molar-refractivity contribution >= 4 is 29.1 Å². The van der Waals surface area contributed by atoms with Gasteiger partial charge in [0, 0.05) is 0 Å². The Balaban J connectivity index is 3.22. The van der Waals surface area contributed by atoms with Gasteiger partial charge in [-0.2, -0.15) is 0 Å². The zero-order valence-electron chi connectivity index (χ0n) is 10.6. The predicted molar refractivity (Wildman–Crippen MR) is 72.4 cm³/mol. The number of ether oxygens (including phenoxy) is 2. The molecule has 1 rings (SSSR count). The molecule has 3 N–H and O–H groups in total. The first-order chi connectivity index (χ1) is 9.01. The number of carbonyl (C=O) groups is 1. The van der Waals surface area contributed by atoms with E-state index in [0.29, 0.717) is 5.56 Å². The molecule has 0 amide bonds. The first-order valence-corrected chi connectivity index (χ1v) is 5.91. The van der Waals surface area contributed by atoms with Crippen molar-refractivity contribution in [2.75, 3.05) is 20.1 Å². The monoisotopic (exact) mass is 286 g/mol. The molecule has 7 heteroatoms. The van der Waals surface area contributed by atoms with Crippen LogP contribution in [0.25, 0.3) is 0 Å². The molecule has 19 heavy (non-hydrogen) atoms. The fourth-order valence-electron chi connectivity index (χ4n) is 1.41. The molecule has 1 aromatic carbocycles. The number of alkyl halides is 1. The van der Waals surface area contributed by atoms with Crippen LogP contribution in [0.4, 0.5) is 5.69 Å². The minimum absolute atomic E-state index is 0.0307. The zero-order valence-corrected chi connectivity index (χ0v) is 11.4. The van der Waals surface area contributed by atoms with E-state index in [0.717, 1.165) is 0 Å². The van der Waals surface area contributed by atoms with Gasteiger partial charge in [-0.15, -0.1) is 11.6 Å². The third-order valence-electron chi connectivity index (χ3n) is 2.31. The second-order valence-corrected chi connectivity index (χ2v) is 3.92. The number of hydrogen-bond donors (Lipinski definition) is 2. The number of amidine groups is 1. The normalized spacial score (nSPS) is 11.2. The fraction of sp³-hybridized carbons (Fsp3) is 0.333. The molecule has 0 fully saturated rings. The van der Waals surface area contributed by atoms with E-state index in [-0.39, 0.29) is 35.3 Å². The molecule has 0 aromatic heterocycles. The molecule has 104 valence electrons. The Bertz CT molecular complexity index is 503. The Hall–Kier alpha value is -1.95. The maximum Gasteiger partial charge on any atom is 0.309 e. The molecule has 0 unspecified atom stereocenters. The lowest BCUT2D eigenvalue weighted by atomic mass is 10.1. The van der Waals surface area contributed by atoms with E-state index < -0.39 is 5.97 Å². The zero-order chi connectivity index (χ0) is 14.4. The molecule has 0 atom stereocenters. The second-order valence-electron chi connectivity index (χ2n) is 3.66. The molecule has 1 aromatic rings. The number of carbonyl (C=O) groups excluding carboxylic acids is 1. The number of rotatable bonds is 5. The van der Waals surface area contributed by atoms with Gasteiger partial charge in [0.25, 0.3) is 0 Å². The predicted octanol–water partition coefficient (Wildman–Crippen LogP) is 1.34. The smallest absolute Gasteiger partial charge is 0.309 e. The number of methoxy groups -OCH3 is 2. The molecule has 0 saturated carbocycles. The largest absolute Gasteiger partial charge is 0.503 e. The van der Waals surface area contributed by atoms with Gasteiger partial charge < -0.3 is 20.3 Å². The molecule has 0 aliphatic heterocycles. The van der Waals surface area contributed by atoms with Gasteiger partial charge in [-0.3, -0.25) is 4.79 Å². The van der Waals surface area contributed by atoms with Gasteiger partial charge in [0.05, 0.1) is 26.5 Å². The van der Waals surface area contributed by atoms with Gasteiger partial charge in [0.15, 0.2) is 11.5 Å². The van der Waals surface area contributed by atoms with Crippen molar-refractivity contribution in [3.63, 3.8) is 0 Å². The van der Waals surface area contributed by atoms with Crippen molar-refractivity contribution in [1.29, 1.82) is 0 Å². The second kappa shape index (κ2) is 6.84. The molecule has 0 bridgehead atoms. The van der Waals surface area contributed by atoms with Crippen LogP contribution in [-0.4, -0.2) is 37.0 Å². The minimum Gasteiger partial charge on any atom is -0.503 e. The molecule has 0 radical (unpaired) electrons. The van der Waals surface area contributed by atoms with E-state index in [9.17, 15) is 9.90 Å². The van der Waals surface area contributed by atoms with E-state index in [1.54, 1.807) is 0 Å². The summed E-state index contributed by atoms with van der Waals surface area (Å²) in [5.74, 6) is -0.197. The van der Waals surface area contributed by atoms with Crippen LogP contribution in [0.2, 0.25) is 0 Å². The highest BCUT2D eigenvalue weighted by atomic mass is 35.5. The van der Waals surface area contributed by atoms with Crippen LogP contribution in [-0.2, 0) is 16.0 Å². The Morgan fingerprint density at radius 1 is 1.47 bits per heavy atom. The van der Waals surface area contributed by atoms with Crippen molar-refractivity contribution in [3.05, 3.63) is 17.7 Å². The number of phenols is 1. The summed E-state index contributed by atoms with van der Waals surface area (Å²) >= 11 is 5.53. The van der Waals surface area contributed by atoms with E-state index >= 15 is 0 Å². The topological polar surface area (TPSA) is 94.1 Å². The van der Waals surface area contributed by atoms with E-state index in [4.69, 9.17) is 22.1 Å². The lowest BCUT2D eigenvalue weighted by Gasteiger charge is -2.09. The minimum atomic E-state index is -0.409. The summed E-state index contributed by atoms with van der Waals surface area (Å²) in [7, 11) is 2.69. The Morgan fingerprint density at radius 2 is 2.16 bits per heavy atom. The first-order valence-electron chi connectivity index (χ1n) is 5.37. The average Bonchev–Trinajstić information content (AvgIpc) is 2.41. The van der Waals surface area contributed by atoms with Crippen molar-refractivity contribution in [2.45, 2.75) is 6.42 Å². The first kappa shape index (κ1) is 15.1. The van der Waals surface area contributed by atoms with Crippen molar-refractivity contribution < 1.29 is 19.4 Å². The standard InChI is InChI=1S/C12H15ClN2O4/c1-18-9-4-7(5-11(16)19-2)3-8(12(9)17)15-10(14)6-13/h3-4,17H,5-6H2,1-2H3,(H2,14,15). The number of phenolic OH excluding ortho intramolecular Hbond substituents is 1. The number of halogens is 1. The summed E-state index contributed by atoms with van der Waals surface area (Å²) in [6.07, 6.45) is 0.0381. The lowest BCUT2D eigenvalue weighted by Crippen LogP contribution is -2.12. The average molecular weight is 287 g/mol. The summed E-state index contributed by atoms with van der Waals surface area (Å²) in [5.41, 5.74) is 6.29. The Kier molecular flexibility index (Phi) is 5.44. The van der Waals surface area contributed by atoms with Gasteiger partial charge in [-0.1, -0.05) is 0 Å². The van der Waals surface area contributed by atoms with Gasteiger partial charge in [0.2, 0.25) is 0 Å². The van der Waals surface area contributed by atoms with Crippen LogP contribution in [0.15, 0.2) is 17.1 Å². The van der Waals surface area contributed by atoms with Crippen LogP contribution >= 0.6 is 11.6 Å². The van der Waals surface area contributed by atoms with Crippen LogP contribution in [0.5, 0.6) is 11.5 Å². The van der Waals surface area contributed by atoms with Gasteiger partial charge in [0.1, 0.15) is 11.5 Å². The summed E-state index contributed by atoms with van der Waals surface area (Å²) in [4.78, 5) is 15.2. The quantitative estimate of drug-likeness (QED) is 0.369. The number of nitrogens with two attached hydrogens (primary N) is 1. The van der Waals surface area contributed by atoms with Crippen LogP contribution in [0, 0.1) is 0 Å². The summed E-state index contributed by atoms with van der Waals surface area (Å²) in [6.45, 7) is 0. The molecule has 6 nitrogen and oxygen atoms in total. The molecular formula is C12H15ClN2O4. The fourth-order valence-corrected chi connectivity index (χ4v) is 1.47. The SMILES string of the molecule is COC(=O)Cc1cc(N=C(N)CCl)c(O)c(OC)c1. The van der Waals surface area contributed by atoms with Gasteiger partial charge >= 0.3 is 5.97 Å². The summed E-state index contributed by atoms with van der Waals surface area (Å²) in [6, 6.07) is 3.05. The maximum absolute atomic E-state index is 11.2. The highest BCUT2D eigenvalue weighted by Crippen LogP contribution is 2.37. The van der Waals surface area contributed by atoms with E-state index in [2.05, 4.69) is 9.73 Å². The molecular weight excluding hydrogens is 272 g/mol. The van der Waals surface area contributed by atoms with Gasteiger partial charge in [-0.25, -0.2) is 4.99 Å². The third kappa shape index (κ3) is 4.03. The number of aromatic hydroxyl groups is 1. The van der Waals surface area contributed by atoms with E-state index in [1.165, 1.54) is 26.4 Å². The van der Waals surface area contributed by atoms with Crippen molar-refractivity contribution in [1.82, 2.24) is 0 Å². The van der Waals surface area contributed by atoms with Crippen LogP contribution < -0.4 is 10.5 Å². The maximum atomic E-state index is 11.2. The number of hydrogen-bond acceptors (Lipinski definition) is 5. The van der Waals surface area contributed by atoms with Gasteiger partial charge in [-0.05, 0) is 17.7 Å². The molecule has 0 aliphatic rings. The van der Waals surface area contributed by atoms with Crippen LogP contribution in [0.1, 0.15) is 5.56 Å². The molecule has 0 aliphatic carbocycles. The van der Waals surface area contributed by atoms with Crippen LogP contribution in [0.3, 0.4) is 0 Å². The molecule has 0 saturated heterocycles. The highest BCUT2D eigenvalue weighted by Gasteiger charge is 2.13. The Morgan fingerprint density at radius 3 is 2.68 bits per heavy atom. The number of nitrogens with zero attached hydrogens (tertiary/aromatic N) is 1. The molecule has 0 spiro atoms. The summed E-state index contributed by atoms with van der Waals surface area (Å²) < 4.78 is 9.59. The lowest BCUT2D eigenvalue weighted by molar-refractivity contribution is -0.139. The number of benzene rings is 1. The Labute approximate surface area is 115 Å². The third-order valence-corrected chi connectivity index (χ3v) is 2.59. The number of esters is 1. The van der Waals surface area contributed by atoms with Crippen molar-refractivity contribution in [3.8, 4) is 11.5 Å². The number of aliphatic imine (C=N–C) groups is 1.